The maximum atomic E-state index is 5.96. The zero-order chi connectivity index (χ0) is 21.0. The molecule has 7 heteroatoms. The van der Waals surface area contributed by atoms with E-state index in [1.54, 1.807) is 11.8 Å². The zero-order valence-electron chi connectivity index (χ0n) is 16.3. The van der Waals surface area contributed by atoms with Crippen molar-refractivity contribution in [3.05, 3.63) is 95.6 Å². The van der Waals surface area contributed by atoms with Crippen LogP contribution in [0.5, 0.6) is 0 Å². The second-order valence-corrected chi connectivity index (χ2v) is 9.25. The van der Waals surface area contributed by atoms with Gasteiger partial charge in [-0.3, -0.25) is 4.98 Å². The molecule has 31 heavy (non-hydrogen) atoms. The number of nitrogens with zero attached hydrogens (tertiary/aromatic N) is 3. The first-order chi connectivity index (χ1) is 15.3. The summed E-state index contributed by atoms with van der Waals surface area (Å²) in [7, 11) is 0. The van der Waals surface area contributed by atoms with Gasteiger partial charge in [-0.1, -0.05) is 59.3 Å². The normalized spacial score (nSPS) is 11.0. The molecular formula is C24H17ClN4S2. The van der Waals surface area contributed by atoms with Crippen LogP contribution in [0.2, 0.25) is 5.02 Å². The molecule has 2 aromatic heterocycles. The molecule has 5 aromatic rings. The Morgan fingerprint density at radius 2 is 1.68 bits per heavy atom. The number of nitrogens with one attached hydrogen (secondary N) is 1. The Hall–Kier alpha value is -2.93. The first-order valence-electron chi connectivity index (χ1n) is 9.67. The minimum absolute atomic E-state index is 0.705. The summed E-state index contributed by atoms with van der Waals surface area (Å²) in [6.07, 6.45) is 1.88. The molecule has 0 saturated heterocycles. The van der Waals surface area contributed by atoms with E-state index in [9.17, 15) is 0 Å². The van der Waals surface area contributed by atoms with Crippen molar-refractivity contribution >= 4 is 56.4 Å². The van der Waals surface area contributed by atoms with Gasteiger partial charge in [-0.05, 0) is 48.0 Å². The number of halogens is 1. The molecule has 0 bridgehead atoms. The van der Waals surface area contributed by atoms with Crippen LogP contribution in [0.3, 0.4) is 0 Å². The third-order valence-electron chi connectivity index (χ3n) is 4.76. The Morgan fingerprint density at radius 1 is 0.871 bits per heavy atom. The molecule has 0 spiro atoms. The van der Waals surface area contributed by atoms with E-state index in [2.05, 4.69) is 56.9 Å². The monoisotopic (exact) mass is 460 g/mol. The van der Waals surface area contributed by atoms with Crippen LogP contribution in [0.4, 0.5) is 10.8 Å². The van der Waals surface area contributed by atoms with Gasteiger partial charge in [0.25, 0.3) is 0 Å². The maximum Gasteiger partial charge on any atom is 0.210 e. The van der Waals surface area contributed by atoms with Crippen molar-refractivity contribution in [2.75, 3.05) is 5.32 Å². The lowest BCUT2D eigenvalue weighted by molar-refractivity contribution is 1.09. The third-order valence-corrected chi connectivity index (χ3v) is 7.01. The summed E-state index contributed by atoms with van der Waals surface area (Å²) < 4.78 is 0. The highest BCUT2D eigenvalue weighted by Gasteiger charge is 2.12. The minimum atomic E-state index is 0.705. The summed E-state index contributed by atoms with van der Waals surface area (Å²) in [5.74, 6) is 0.856. The lowest BCUT2D eigenvalue weighted by Gasteiger charge is -2.08. The quantitative estimate of drug-likeness (QED) is 0.267. The Morgan fingerprint density at radius 3 is 2.58 bits per heavy atom. The zero-order valence-corrected chi connectivity index (χ0v) is 18.7. The fourth-order valence-electron chi connectivity index (χ4n) is 3.24. The lowest BCUT2D eigenvalue weighted by atomic mass is 10.1. The Kier molecular flexibility index (Phi) is 5.84. The highest BCUT2D eigenvalue weighted by molar-refractivity contribution is 7.98. The van der Waals surface area contributed by atoms with Gasteiger partial charge in [0.05, 0.1) is 5.52 Å². The van der Waals surface area contributed by atoms with Gasteiger partial charge in [-0.25, -0.2) is 0 Å². The number of para-hydroxylation sites is 1. The van der Waals surface area contributed by atoms with Crippen molar-refractivity contribution in [1.29, 1.82) is 0 Å². The van der Waals surface area contributed by atoms with Crippen LogP contribution in [-0.2, 0) is 5.75 Å². The van der Waals surface area contributed by atoms with E-state index in [0.29, 0.717) is 5.02 Å². The van der Waals surface area contributed by atoms with E-state index in [4.69, 9.17) is 11.6 Å². The predicted octanol–water partition coefficient (Wildman–Crippen LogP) is 7.44. The molecule has 0 radical (unpaired) electrons. The van der Waals surface area contributed by atoms with Crippen LogP contribution in [0.1, 0.15) is 5.56 Å². The highest BCUT2D eigenvalue weighted by atomic mass is 35.5. The molecule has 152 valence electrons. The topological polar surface area (TPSA) is 50.7 Å². The Labute approximate surface area is 193 Å². The molecule has 0 unspecified atom stereocenters. The van der Waals surface area contributed by atoms with Crippen LogP contribution in [0, 0.1) is 0 Å². The number of pyridine rings is 1. The van der Waals surface area contributed by atoms with E-state index in [1.807, 2.05) is 48.7 Å². The largest absolute Gasteiger partial charge is 0.330 e. The van der Waals surface area contributed by atoms with E-state index in [1.165, 1.54) is 27.2 Å². The number of benzene rings is 3. The van der Waals surface area contributed by atoms with Crippen LogP contribution in [0.25, 0.3) is 21.5 Å². The van der Waals surface area contributed by atoms with Gasteiger partial charge in [-0.2, -0.15) is 0 Å². The number of hydrogen-bond acceptors (Lipinski definition) is 6. The summed E-state index contributed by atoms with van der Waals surface area (Å²) in [6.45, 7) is 0. The van der Waals surface area contributed by atoms with Crippen LogP contribution >= 0.6 is 34.7 Å². The molecule has 5 rings (SSSR count). The number of hydrogen-bond donors (Lipinski definition) is 1. The van der Waals surface area contributed by atoms with Crippen LogP contribution in [0.15, 0.2) is 90.0 Å². The van der Waals surface area contributed by atoms with Gasteiger partial charge in [-0.15, -0.1) is 22.0 Å². The predicted molar refractivity (Wildman–Crippen MR) is 131 cm³/mol. The molecule has 0 aliphatic heterocycles. The summed E-state index contributed by atoms with van der Waals surface area (Å²) in [6, 6.07) is 26.2. The van der Waals surface area contributed by atoms with E-state index < -0.39 is 0 Å². The molecule has 0 saturated carbocycles. The highest BCUT2D eigenvalue weighted by Crippen LogP contribution is 2.37. The fourth-order valence-corrected chi connectivity index (χ4v) is 5.30. The second kappa shape index (κ2) is 9.06. The Bertz CT molecular complexity index is 1330. The van der Waals surface area contributed by atoms with E-state index in [0.717, 1.165) is 32.7 Å². The minimum Gasteiger partial charge on any atom is -0.330 e. The van der Waals surface area contributed by atoms with E-state index in [-0.39, 0.29) is 0 Å². The van der Waals surface area contributed by atoms with E-state index >= 15 is 0 Å². The maximum absolute atomic E-state index is 5.96. The molecule has 0 amide bonds. The number of thioether (sulfide) groups is 1. The molecular weight excluding hydrogens is 444 g/mol. The second-order valence-electron chi connectivity index (χ2n) is 6.82. The average molecular weight is 461 g/mol. The standard InChI is InChI=1S/C24H17ClN4S2/c25-17-9-11-18(12-10-17)27-24-29-28-23(31-24)20-6-2-4-8-22(20)30-15-16-13-14-26-21-7-3-1-5-19(16)21/h1-14H,15H2,(H,27,29). The number of anilines is 2. The van der Waals surface area contributed by atoms with Crippen molar-refractivity contribution in [1.82, 2.24) is 15.2 Å². The van der Waals surface area contributed by atoms with Gasteiger partial charge in [0.1, 0.15) is 0 Å². The van der Waals surface area contributed by atoms with Crippen LogP contribution < -0.4 is 5.32 Å². The van der Waals surface area contributed by atoms with Gasteiger partial charge >= 0.3 is 0 Å². The van der Waals surface area contributed by atoms with Gasteiger partial charge < -0.3 is 5.32 Å². The van der Waals surface area contributed by atoms with Crippen molar-refractivity contribution < 1.29 is 0 Å². The Balaban J connectivity index is 1.37. The summed E-state index contributed by atoms with van der Waals surface area (Å²) in [5, 5.41) is 15.6. The average Bonchev–Trinajstić information content (AvgIpc) is 3.27. The first kappa shape index (κ1) is 20.0. The third kappa shape index (κ3) is 4.56. The number of fused-ring (bicyclic) bond motifs is 1. The molecule has 2 heterocycles. The fraction of sp³-hybridized carbons (Fsp3) is 0.0417. The summed E-state index contributed by atoms with van der Waals surface area (Å²) in [4.78, 5) is 5.64. The number of rotatable bonds is 6. The molecule has 0 atom stereocenters. The molecule has 0 aliphatic rings. The van der Waals surface area contributed by atoms with Crippen molar-refractivity contribution in [2.24, 2.45) is 0 Å². The van der Waals surface area contributed by atoms with Crippen molar-refractivity contribution in [2.45, 2.75) is 10.6 Å². The molecule has 4 nitrogen and oxygen atoms in total. The summed E-state index contributed by atoms with van der Waals surface area (Å²) >= 11 is 9.30. The lowest BCUT2D eigenvalue weighted by Crippen LogP contribution is -1.88. The molecule has 0 aliphatic carbocycles. The van der Waals surface area contributed by atoms with Gasteiger partial charge in [0, 0.05) is 38.5 Å². The number of aromatic nitrogens is 3. The smallest absolute Gasteiger partial charge is 0.210 e. The molecule has 1 N–H and O–H groups in total. The SMILES string of the molecule is Clc1ccc(Nc2nnc(-c3ccccc3SCc3ccnc4ccccc34)s2)cc1. The first-order valence-corrected chi connectivity index (χ1v) is 11.9. The molecule has 0 fully saturated rings. The van der Waals surface area contributed by atoms with Crippen molar-refractivity contribution in [3.63, 3.8) is 0 Å². The van der Waals surface area contributed by atoms with Gasteiger partial charge in [0.15, 0.2) is 5.01 Å². The summed E-state index contributed by atoms with van der Waals surface area (Å²) in [5.41, 5.74) is 4.32. The van der Waals surface area contributed by atoms with Crippen molar-refractivity contribution in [3.8, 4) is 10.6 Å². The van der Waals surface area contributed by atoms with Gasteiger partial charge in [0.2, 0.25) is 5.13 Å². The van der Waals surface area contributed by atoms with Crippen LogP contribution in [-0.4, -0.2) is 15.2 Å². The molecule has 3 aromatic carbocycles.